The molecule has 2 nitrogen and oxygen atoms in total. The van der Waals surface area contributed by atoms with Gasteiger partial charge in [-0.25, -0.2) is 8.42 Å². The van der Waals surface area contributed by atoms with Gasteiger partial charge in [0, 0.05) is 5.88 Å². The van der Waals surface area contributed by atoms with Gasteiger partial charge in [0.1, 0.15) is 0 Å². The van der Waals surface area contributed by atoms with Crippen LogP contribution in [0.5, 0.6) is 0 Å². The van der Waals surface area contributed by atoms with E-state index in [0.29, 0.717) is 12.3 Å². The van der Waals surface area contributed by atoms with E-state index in [4.69, 9.17) is 11.6 Å². The van der Waals surface area contributed by atoms with Crippen LogP contribution in [0.15, 0.2) is 24.3 Å². The van der Waals surface area contributed by atoms with Gasteiger partial charge in [0.2, 0.25) is 0 Å². The molecular formula is C12H17ClO2S. The van der Waals surface area contributed by atoms with E-state index in [1.54, 1.807) is 0 Å². The molecule has 0 unspecified atom stereocenters. The third-order valence-electron chi connectivity index (χ3n) is 2.48. The van der Waals surface area contributed by atoms with E-state index in [2.05, 4.69) is 0 Å². The Labute approximate surface area is 103 Å². The summed E-state index contributed by atoms with van der Waals surface area (Å²) in [6.07, 6.45) is 1.41. The van der Waals surface area contributed by atoms with Crippen LogP contribution in [0.1, 0.15) is 24.0 Å². The van der Waals surface area contributed by atoms with E-state index in [1.165, 1.54) is 0 Å². The molecular weight excluding hydrogens is 244 g/mol. The summed E-state index contributed by atoms with van der Waals surface area (Å²) in [7, 11) is -2.99. The fourth-order valence-electron chi connectivity index (χ4n) is 1.50. The van der Waals surface area contributed by atoms with Crippen LogP contribution in [0, 0.1) is 6.92 Å². The second kappa shape index (κ2) is 6.26. The van der Waals surface area contributed by atoms with Crippen molar-refractivity contribution < 1.29 is 8.42 Å². The van der Waals surface area contributed by atoms with E-state index in [1.807, 2.05) is 31.2 Å². The molecule has 1 rings (SSSR count). The molecule has 1 aromatic rings. The molecule has 0 N–H and O–H groups in total. The molecule has 0 aliphatic rings. The molecule has 0 saturated carbocycles. The lowest BCUT2D eigenvalue weighted by atomic mass is 10.1. The molecule has 0 heterocycles. The summed E-state index contributed by atoms with van der Waals surface area (Å²) in [4.78, 5) is 0. The summed E-state index contributed by atoms with van der Waals surface area (Å²) in [6, 6.07) is 7.59. The molecule has 0 fully saturated rings. The van der Waals surface area contributed by atoms with Gasteiger partial charge in [-0.2, -0.15) is 0 Å². The van der Waals surface area contributed by atoms with Crippen LogP contribution in [0.25, 0.3) is 0 Å². The van der Waals surface area contributed by atoms with Crippen LogP contribution in [-0.4, -0.2) is 20.1 Å². The van der Waals surface area contributed by atoms with Crippen LogP contribution < -0.4 is 0 Å². The Balaban J connectivity index is 2.63. The number of sulfone groups is 1. The number of hydrogen-bond donors (Lipinski definition) is 0. The van der Waals surface area contributed by atoms with Crippen molar-refractivity contribution in [3.63, 3.8) is 0 Å². The standard InChI is InChI=1S/C12H17ClO2S/c1-11-6-2-3-7-12(11)10-16(14,15)9-5-4-8-13/h2-3,6-7H,4-5,8-10H2,1H3. The Bertz CT molecular complexity index is 426. The van der Waals surface area contributed by atoms with Crippen LogP contribution in [0.3, 0.4) is 0 Å². The topological polar surface area (TPSA) is 34.1 Å². The molecule has 0 bridgehead atoms. The molecule has 0 amide bonds. The van der Waals surface area contributed by atoms with E-state index in [0.717, 1.165) is 17.5 Å². The first-order valence-electron chi connectivity index (χ1n) is 5.36. The van der Waals surface area contributed by atoms with Crippen molar-refractivity contribution in [3.8, 4) is 0 Å². The monoisotopic (exact) mass is 260 g/mol. The second-order valence-corrected chi connectivity index (χ2v) is 6.48. The lowest BCUT2D eigenvalue weighted by Gasteiger charge is -2.06. The van der Waals surface area contributed by atoms with Gasteiger partial charge in [0.25, 0.3) is 0 Å². The highest BCUT2D eigenvalue weighted by atomic mass is 35.5. The van der Waals surface area contributed by atoms with Gasteiger partial charge in [0.15, 0.2) is 9.84 Å². The second-order valence-electron chi connectivity index (χ2n) is 3.91. The highest BCUT2D eigenvalue weighted by molar-refractivity contribution is 7.90. The molecule has 0 aliphatic carbocycles. The zero-order valence-corrected chi connectivity index (χ0v) is 11.0. The van der Waals surface area contributed by atoms with Crippen LogP contribution >= 0.6 is 11.6 Å². The van der Waals surface area contributed by atoms with Crippen molar-refractivity contribution in [1.29, 1.82) is 0 Å². The van der Waals surface area contributed by atoms with E-state index in [9.17, 15) is 8.42 Å². The largest absolute Gasteiger partial charge is 0.228 e. The maximum atomic E-state index is 11.8. The number of benzene rings is 1. The summed E-state index contributed by atoms with van der Waals surface area (Å²) in [6.45, 7) is 1.93. The molecule has 0 atom stereocenters. The first-order valence-corrected chi connectivity index (χ1v) is 7.71. The molecule has 0 aromatic heterocycles. The maximum absolute atomic E-state index is 11.8. The van der Waals surface area contributed by atoms with Gasteiger partial charge in [-0.05, 0) is 30.9 Å². The fraction of sp³-hybridized carbons (Fsp3) is 0.500. The highest BCUT2D eigenvalue weighted by Gasteiger charge is 2.12. The molecule has 90 valence electrons. The number of alkyl halides is 1. The highest BCUT2D eigenvalue weighted by Crippen LogP contribution is 2.12. The molecule has 0 radical (unpaired) electrons. The predicted octanol–water partition coefficient (Wildman–Crippen LogP) is 2.93. The summed E-state index contributed by atoms with van der Waals surface area (Å²) >= 11 is 5.52. The number of rotatable bonds is 6. The van der Waals surface area contributed by atoms with Gasteiger partial charge in [0.05, 0.1) is 11.5 Å². The summed E-state index contributed by atoms with van der Waals surface area (Å²) in [5.74, 6) is 0.899. The molecule has 16 heavy (non-hydrogen) atoms. The van der Waals surface area contributed by atoms with Gasteiger partial charge in [-0.3, -0.25) is 0 Å². The third-order valence-corrected chi connectivity index (χ3v) is 4.40. The summed E-state index contributed by atoms with van der Waals surface area (Å²) < 4.78 is 23.6. The van der Waals surface area contributed by atoms with Crippen LogP contribution in [0.2, 0.25) is 0 Å². The molecule has 0 saturated heterocycles. The van der Waals surface area contributed by atoms with Crippen molar-refractivity contribution in [3.05, 3.63) is 35.4 Å². The lowest BCUT2D eigenvalue weighted by molar-refractivity contribution is 0.592. The lowest BCUT2D eigenvalue weighted by Crippen LogP contribution is -2.10. The average Bonchev–Trinajstić information content (AvgIpc) is 2.21. The Kier molecular flexibility index (Phi) is 5.29. The SMILES string of the molecule is Cc1ccccc1CS(=O)(=O)CCCCCl. The Morgan fingerprint density at radius 1 is 1.19 bits per heavy atom. The van der Waals surface area contributed by atoms with Crippen LogP contribution in [0.4, 0.5) is 0 Å². The molecule has 0 spiro atoms. The van der Waals surface area contributed by atoms with Crippen molar-refractivity contribution in [2.24, 2.45) is 0 Å². The first-order chi connectivity index (χ1) is 7.55. The first kappa shape index (κ1) is 13.5. The Morgan fingerprint density at radius 3 is 2.50 bits per heavy atom. The number of aryl methyl sites for hydroxylation is 1. The number of halogens is 1. The summed E-state index contributed by atoms with van der Waals surface area (Å²) in [5, 5.41) is 0. The van der Waals surface area contributed by atoms with Gasteiger partial charge >= 0.3 is 0 Å². The minimum absolute atomic E-state index is 0.141. The zero-order chi connectivity index (χ0) is 12.0. The van der Waals surface area contributed by atoms with Gasteiger partial charge in [-0.1, -0.05) is 24.3 Å². The Morgan fingerprint density at radius 2 is 1.88 bits per heavy atom. The van der Waals surface area contributed by atoms with Crippen molar-refractivity contribution in [1.82, 2.24) is 0 Å². The normalized spacial score (nSPS) is 11.6. The van der Waals surface area contributed by atoms with Crippen molar-refractivity contribution in [2.45, 2.75) is 25.5 Å². The number of unbranched alkanes of at least 4 members (excludes halogenated alkanes) is 1. The smallest absolute Gasteiger partial charge is 0.154 e. The zero-order valence-electron chi connectivity index (χ0n) is 9.45. The van der Waals surface area contributed by atoms with E-state index in [-0.39, 0.29) is 11.5 Å². The fourth-order valence-corrected chi connectivity index (χ4v) is 3.27. The quantitative estimate of drug-likeness (QED) is 0.582. The number of hydrogen-bond acceptors (Lipinski definition) is 2. The Hall–Kier alpha value is -0.540. The van der Waals surface area contributed by atoms with Crippen LogP contribution in [-0.2, 0) is 15.6 Å². The predicted molar refractivity (Wildman–Crippen MR) is 68.6 cm³/mol. The average molecular weight is 261 g/mol. The minimum atomic E-state index is -2.99. The minimum Gasteiger partial charge on any atom is -0.228 e. The molecule has 0 aliphatic heterocycles. The van der Waals surface area contributed by atoms with Crippen molar-refractivity contribution >= 4 is 21.4 Å². The van der Waals surface area contributed by atoms with Gasteiger partial charge in [-0.15, -0.1) is 11.6 Å². The maximum Gasteiger partial charge on any atom is 0.154 e. The molecule has 1 aromatic carbocycles. The van der Waals surface area contributed by atoms with E-state index < -0.39 is 9.84 Å². The van der Waals surface area contributed by atoms with Gasteiger partial charge < -0.3 is 0 Å². The van der Waals surface area contributed by atoms with Crippen molar-refractivity contribution in [2.75, 3.05) is 11.6 Å². The van der Waals surface area contributed by atoms with E-state index >= 15 is 0 Å². The third kappa shape index (κ3) is 4.54. The molecule has 4 heteroatoms. The summed E-state index contributed by atoms with van der Waals surface area (Å²) in [5.41, 5.74) is 1.93.